The second kappa shape index (κ2) is 13.9. The Kier molecular flexibility index (Phi) is 10.9. The number of aliphatic carboxylic acids is 2. The second-order valence-corrected chi connectivity index (χ2v) is 8.63. The number of amides is 2. The van der Waals surface area contributed by atoms with Crippen LogP contribution in [0.15, 0.2) is 54.6 Å². The van der Waals surface area contributed by atoms with E-state index in [-0.39, 0.29) is 30.1 Å². The quantitative estimate of drug-likeness (QED) is 0.238. The zero-order valence-electron chi connectivity index (χ0n) is 18.8. The van der Waals surface area contributed by atoms with Crippen LogP contribution in [0, 0.1) is 0 Å². The molecule has 11 heteroatoms. The van der Waals surface area contributed by atoms with Gasteiger partial charge in [0.1, 0.15) is 18.6 Å². The first-order valence-corrected chi connectivity index (χ1v) is 11.9. The number of hydrogen-bond acceptors (Lipinski definition) is 7. The molecule has 0 saturated heterocycles. The molecule has 0 bridgehead atoms. The van der Waals surface area contributed by atoms with Crippen molar-refractivity contribution in [2.24, 2.45) is 5.73 Å². The molecule has 0 fully saturated rings. The van der Waals surface area contributed by atoms with Crippen molar-refractivity contribution in [3.63, 3.8) is 0 Å². The van der Waals surface area contributed by atoms with Crippen molar-refractivity contribution >= 4 is 41.3 Å². The third kappa shape index (κ3) is 9.59. The van der Waals surface area contributed by atoms with Crippen LogP contribution in [0.1, 0.15) is 23.2 Å². The van der Waals surface area contributed by atoms with Crippen LogP contribution in [0.25, 0.3) is 11.1 Å². The van der Waals surface area contributed by atoms with Crippen LogP contribution < -0.4 is 16.4 Å². The normalized spacial score (nSPS) is 12.3. The number of rotatable bonds is 14. The zero-order valence-corrected chi connectivity index (χ0v) is 19.6. The maximum atomic E-state index is 12.6. The SMILES string of the molecule is N[C@@H](CCC(=O)N[C@@H](CSCC(=O)c1ccc(-c2ccccc2)cc1)C(=O)NCC(=O)O)C(=O)O. The average molecular weight is 502 g/mol. The number of hydrogen-bond donors (Lipinski definition) is 5. The van der Waals surface area contributed by atoms with Gasteiger partial charge in [-0.3, -0.25) is 24.0 Å². The lowest BCUT2D eigenvalue weighted by Crippen LogP contribution is -2.49. The smallest absolute Gasteiger partial charge is 0.322 e. The van der Waals surface area contributed by atoms with Gasteiger partial charge in [0.2, 0.25) is 11.8 Å². The molecule has 0 unspecified atom stereocenters. The highest BCUT2D eigenvalue weighted by Crippen LogP contribution is 2.20. The third-order valence-electron chi connectivity index (χ3n) is 4.90. The summed E-state index contributed by atoms with van der Waals surface area (Å²) in [6.07, 6.45) is -0.358. The highest BCUT2D eigenvalue weighted by Gasteiger charge is 2.23. The van der Waals surface area contributed by atoms with Gasteiger partial charge in [0, 0.05) is 17.7 Å². The van der Waals surface area contributed by atoms with Gasteiger partial charge in [-0.25, -0.2) is 0 Å². The lowest BCUT2D eigenvalue weighted by molar-refractivity contribution is -0.139. The summed E-state index contributed by atoms with van der Waals surface area (Å²) in [5, 5.41) is 22.2. The lowest BCUT2D eigenvalue weighted by Gasteiger charge is -2.18. The van der Waals surface area contributed by atoms with Crippen molar-refractivity contribution in [2.75, 3.05) is 18.1 Å². The number of nitrogens with two attached hydrogens (primary N) is 1. The van der Waals surface area contributed by atoms with Crippen molar-refractivity contribution < 1.29 is 34.2 Å². The zero-order chi connectivity index (χ0) is 25.8. The summed E-state index contributed by atoms with van der Waals surface area (Å²) in [6, 6.07) is 14.5. The monoisotopic (exact) mass is 501 g/mol. The van der Waals surface area contributed by atoms with E-state index in [2.05, 4.69) is 10.6 Å². The fourth-order valence-corrected chi connectivity index (χ4v) is 3.92. The highest BCUT2D eigenvalue weighted by atomic mass is 32.2. The number of Topliss-reactive ketones (excluding diaryl/α,β-unsaturated/α-hetero) is 1. The van der Waals surface area contributed by atoms with Gasteiger partial charge < -0.3 is 26.6 Å². The predicted octanol–water partition coefficient (Wildman–Crippen LogP) is 1.15. The van der Waals surface area contributed by atoms with Crippen LogP contribution in [-0.2, 0) is 19.2 Å². The van der Waals surface area contributed by atoms with E-state index >= 15 is 0 Å². The van der Waals surface area contributed by atoms with Crippen LogP contribution in [-0.4, -0.2) is 69.9 Å². The van der Waals surface area contributed by atoms with E-state index in [1.54, 1.807) is 12.1 Å². The Morgan fingerprint density at radius 1 is 0.914 bits per heavy atom. The first kappa shape index (κ1) is 27.5. The Morgan fingerprint density at radius 2 is 1.54 bits per heavy atom. The molecule has 0 saturated carbocycles. The Bertz CT molecular complexity index is 1040. The molecule has 0 aliphatic heterocycles. The Morgan fingerprint density at radius 3 is 2.14 bits per heavy atom. The van der Waals surface area contributed by atoms with Gasteiger partial charge in [0.15, 0.2) is 5.78 Å². The Labute approximate surface area is 206 Å². The number of carboxylic acids is 2. The number of ketones is 1. The summed E-state index contributed by atoms with van der Waals surface area (Å²) in [5.41, 5.74) is 7.87. The van der Waals surface area contributed by atoms with Crippen LogP contribution in [0.3, 0.4) is 0 Å². The molecule has 0 aliphatic carbocycles. The van der Waals surface area contributed by atoms with E-state index in [1.165, 1.54) is 0 Å². The van der Waals surface area contributed by atoms with E-state index < -0.39 is 42.4 Å². The number of carbonyl (C=O) groups is 5. The van der Waals surface area contributed by atoms with Crippen molar-refractivity contribution in [1.29, 1.82) is 0 Å². The maximum Gasteiger partial charge on any atom is 0.322 e. The molecule has 0 aliphatic rings. The molecular formula is C24H27N3O7S. The second-order valence-electron chi connectivity index (χ2n) is 7.60. The Hall–Kier alpha value is -3.70. The van der Waals surface area contributed by atoms with Crippen LogP contribution in [0.4, 0.5) is 0 Å². The van der Waals surface area contributed by atoms with E-state index in [1.807, 2.05) is 42.5 Å². The first-order valence-electron chi connectivity index (χ1n) is 10.7. The number of nitrogens with one attached hydrogen (secondary N) is 2. The molecule has 0 spiro atoms. The number of benzene rings is 2. The fraction of sp³-hybridized carbons (Fsp3) is 0.292. The summed E-state index contributed by atoms with van der Waals surface area (Å²) in [4.78, 5) is 58.6. The summed E-state index contributed by atoms with van der Waals surface area (Å²) in [5.74, 6) is -3.96. The molecule has 0 heterocycles. The standard InChI is InChI=1S/C24H27N3O7S/c25-18(24(33)34)10-11-21(29)27-19(23(32)26-12-22(30)31)13-35-14-20(28)17-8-6-16(7-9-17)15-4-2-1-3-5-15/h1-9,18-19H,10-14,25H2,(H,26,32)(H,27,29)(H,30,31)(H,33,34)/t18-,19-/m0/s1. The summed E-state index contributed by atoms with van der Waals surface area (Å²) in [6.45, 7) is -0.632. The summed E-state index contributed by atoms with van der Waals surface area (Å²) in [7, 11) is 0. The molecule has 2 aromatic carbocycles. The molecular weight excluding hydrogens is 474 g/mol. The van der Waals surface area contributed by atoms with Crippen molar-refractivity contribution in [1.82, 2.24) is 10.6 Å². The minimum absolute atomic E-state index is 0.00994. The minimum atomic E-state index is -1.25. The molecule has 6 N–H and O–H groups in total. The number of carbonyl (C=O) groups excluding carboxylic acids is 3. The van der Waals surface area contributed by atoms with Gasteiger partial charge in [-0.05, 0) is 17.5 Å². The van der Waals surface area contributed by atoms with Gasteiger partial charge in [-0.15, -0.1) is 0 Å². The molecule has 0 aromatic heterocycles. The van der Waals surface area contributed by atoms with Gasteiger partial charge >= 0.3 is 11.9 Å². The molecule has 2 aromatic rings. The molecule has 35 heavy (non-hydrogen) atoms. The summed E-state index contributed by atoms with van der Waals surface area (Å²) < 4.78 is 0. The highest BCUT2D eigenvalue weighted by molar-refractivity contribution is 8.00. The van der Waals surface area contributed by atoms with Crippen LogP contribution in [0.2, 0.25) is 0 Å². The van der Waals surface area contributed by atoms with E-state index in [0.717, 1.165) is 22.9 Å². The molecule has 186 valence electrons. The van der Waals surface area contributed by atoms with Crippen molar-refractivity contribution in [3.05, 3.63) is 60.2 Å². The summed E-state index contributed by atoms with van der Waals surface area (Å²) >= 11 is 1.11. The largest absolute Gasteiger partial charge is 0.480 e. The fourth-order valence-electron chi connectivity index (χ4n) is 2.98. The van der Waals surface area contributed by atoms with E-state index in [0.29, 0.717) is 5.56 Å². The average Bonchev–Trinajstić information content (AvgIpc) is 2.85. The topological polar surface area (TPSA) is 176 Å². The molecule has 0 radical (unpaired) electrons. The molecule has 2 rings (SSSR count). The number of carboxylic acid groups (broad SMARTS) is 2. The lowest BCUT2D eigenvalue weighted by atomic mass is 10.0. The van der Waals surface area contributed by atoms with Crippen molar-refractivity contribution in [2.45, 2.75) is 24.9 Å². The van der Waals surface area contributed by atoms with Crippen LogP contribution >= 0.6 is 11.8 Å². The Balaban J connectivity index is 1.92. The predicted molar refractivity (Wildman–Crippen MR) is 131 cm³/mol. The van der Waals surface area contributed by atoms with Gasteiger partial charge in [-0.1, -0.05) is 54.6 Å². The van der Waals surface area contributed by atoms with Gasteiger partial charge in [0.05, 0.1) is 5.75 Å². The minimum Gasteiger partial charge on any atom is -0.480 e. The molecule has 10 nitrogen and oxygen atoms in total. The maximum absolute atomic E-state index is 12.6. The van der Waals surface area contributed by atoms with Crippen LogP contribution in [0.5, 0.6) is 0 Å². The third-order valence-corrected chi connectivity index (χ3v) is 5.93. The van der Waals surface area contributed by atoms with E-state index in [4.69, 9.17) is 15.9 Å². The first-order chi connectivity index (χ1) is 16.7. The molecule has 2 amide bonds. The number of thioether (sulfide) groups is 1. The van der Waals surface area contributed by atoms with Gasteiger partial charge in [-0.2, -0.15) is 11.8 Å². The van der Waals surface area contributed by atoms with Gasteiger partial charge in [0.25, 0.3) is 0 Å². The van der Waals surface area contributed by atoms with Crippen molar-refractivity contribution in [3.8, 4) is 11.1 Å². The van der Waals surface area contributed by atoms with E-state index in [9.17, 15) is 24.0 Å². The molecule has 2 atom stereocenters.